The normalized spacial score (nSPS) is 12.2. The second-order valence-corrected chi connectivity index (χ2v) is 5.37. The van der Waals surface area contributed by atoms with Gasteiger partial charge in [-0.05, 0) is 24.3 Å². The van der Waals surface area contributed by atoms with E-state index in [0.29, 0.717) is 23.2 Å². The van der Waals surface area contributed by atoms with Crippen molar-refractivity contribution in [2.75, 3.05) is 24.7 Å². The number of rotatable bonds is 4. The fourth-order valence-corrected chi connectivity index (χ4v) is 2.02. The summed E-state index contributed by atoms with van der Waals surface area (Å²) in [4.78, 5) is 15.6. The van der Waals surface area contributed by atoms with E-state index in [9.17, 15) is 4.39 Å². The van der Waals surface area contributed by atoms with Crippen molar-refractivity contribution in [2.45, 2.75) is 13.0 Å². The first-order valence-corrected chi connectivity index (χ1v) is 7.18. The van der Waals surface area contributed by atoms with Crippen molar-refractivity contribution in [3.63, 3.8) is 0 Å². The van der Waals surface area contributed by atoms with Crippen LogP contribution in [0.1, 0.15) is 18.8 Å². The molecule has 9 nitrogen and oxygen atoms in total. The lowest BCUT2D eigenvalue weighted by Crippen LogP contribution is -2.20. The van der Waals surface area contributed by atoms with Crippen molar-refractivity contribution < 1.29 is 4.39 Å². The summed E-state index contributed by atoms with van der Waals surface area (Å²) in [5.41, 5.74) is 6.27. The molecule has 0 aliphatic heterocycles. The van der Waals surface area contributed by atoms with Crippen LogP contribution < -0.4 is 10.6 Å². The molecule has 0 aliphatic carbocycles. The molecule has 1 atom stereocenters. The van der Waals surface area contributed by atoms with Gasteiger partial charge in [-0.3, -0.25) is 0 Å². The van der Waals surface area contributed by atoms with Crippen LogP contribution in [0.5, 0.6) is 0 Å². The van der Waals surface area contributed by atoms with Gasteiger partial charge in [0.1, 0.15) is 11.9 Å². The average molecular weight is 329 g/mol. The van der Waals surface area contributed by atoms with Crippen LogP contribution in [-0.2, 0) is 0 Å². The van der Waals surface area contributed by atoms with E-state index in [2.05, 4.69) is 30.4 Å². The lowest BCUT2D eigenvalue weighted by atomic mass is 10.2. The number of anilines is 2. The Labute approximate surface area is 137 Å². The molecule has 0 saturated carbocycles. The number of aromatic nitrogens is 7. The molecule has 3 rings (SSSR count). The number of nitrogen functional groups attached to an aromatic ring is 1. The van der Waals surface area contributed by atoms with E-state index >= 15 is 0 Å². The first-order valence-electron chi connectivity index (χ1n) is 7.18. The summed E-state index contributed by atoms with van der Waals surface area (Å²) in [6.45, 7) is 1.81. The molecule has 1 aromatic carbocycles. The van der Waals surface area contributed by atoms with Gasteiger partial charge in [-0.25, -0.2) is 4.39 Å². The first kappa shape index (κ1) is 15.7. The van der Waals surface area contributed by atoms with Crippen molar-refractivity contribution >= 4 is 11.9 Å². The van der Waals surface area contributed by atoms with Gasteiger partial charge in [0.25, 0.3) is 0 Å². The highest BCUT2D eigenvalue weighted by molar-refractivity contribution is 5.53. The van der Waals surface area contributed by atoms with Crippen LogP contribution in [-0.4, -0.2) is 49.3 Å². The molecular weight excluding hydrogens is 313 g/mol. The molecule has 2 heterocycles. The van der Waals surface area contributed by atoms with Crippen LogP contribution in [0, 0.1) is 5.82 Å². The fraction of sp³-hybridized carbons (Fsp3) is 0.286. The second kappa shape index (κ2) is 6.14. The lowest BCUT2D eigenvalue weighted by Gasteiger charge is -2.14. The zero-order valence-corrected chi connectivity index (χ0v) is 13.4. The minimum atomic E-state index is -0.413. The van der Waals surface area contributed by atoms with Gasteiger partial charge in [-0.1, -0.05) is 12.1 Å². The van der Waals surface area contributed by atoms with Gasteiger partial charge >= 0.3 is 0 Å². The number of hydrogen-bond donors (Lipinski definition) is 1. The van der Waals surface area contributed by atoms with Gasteiger partial charge < -0.3 is 10.6 Å². The second-order valence-electron chi connectivity index (χ2n) is 5.37. The third kappa shape index (κ3) is 3.12. The van der Waals surface area contributed by atoms with E-state index in [0.717, 1.165) is 0 Å². The molecular formula is C14H16FN9. The Hall–Kier alpha value is -3.17. The lowest BCUT2D eigenvalue weighted by molar-refractivity contribution is 0.461. The maximum absolute atomic E-state index is 13.3. The van der Waals surface area contributed by atoms with E-state index in [4.69, 9.17) is 5.73 Å². The summed E-state index contributed by atoms with van der Waals surface area (Å²) in [5.74, 6) is 0.916. The molecule has 2 aromatic heterocycles. The topological polar surface area (TPSA) is 112 Å². The van der Waals surface area contributed by atoms with Gasteiger partial charge in [0.05, 0.1) is 0 Å². The van der Waals surface area contributed by atoms with Gasteiger partial charge in [0.15, 0.2) is 5.82 Å². The van der Waals surface area contributed by atoms with Crippen LogP contribution in [0.3, 0.4) is 0 Å². The minimum Gasteiger partial charge on any atom is -0.368 e. The zero-order chi connectivity index (χ0) is 17.3. The van der Waals surface area contributed by atoms with Crippen molar-refractivity contribution in [3.8, 4) is 11.4 Å². The summed E-state index contributed by atoms with van der Waals surface area (Å²) in [7, 11) is 3.61. The van der Waals surface area contributed by atoms with Crippen LogP contribution in [0.15, 0.2) is 24.3 Å². The predicted octanol–water partition coefficient (Wildman–Crippen LogP) is 0.922. The van der Waals surface area contributed by atoms with Gasteiger partial charge in [0.2, 0.25) is 17.7 Å². The Morgan fingerprint density at radius 2 is 2.00 bits per heavy atom. The van der Waals surface area contributed by atoms with Crippen LogP contribution in [0.2, 0.25) is 0 Å². The molecule has 124 valence electrons. The largest absolute Gasteiger partial charge is 0.368 e. The molecule has 10 heteroatoms. The highest BCUT2D eigenvalue weighted by atomic mass is 19.1. The SMILES string of the molecule is C[C@@H](c1nc(N)nc(N(C)C)n1)n1nnc(-c2cccc(F)c2)n1. The van der Waals surface area contributed by atoms with E-state index in [1.807, 2.05) is 6.92 Å². The summed E-state index contributed by atoms with van der Waals surface area (Å²) >= 11 is 0. The Morgan fingerprint density at radius 1 is 1.21 bits per heavy atom. The zero-order valence-electron chi connectivity index (χ0n) is 13.4. The quantitative estimate of drug-likeness (QED) is 0.752. The average Bonchev–Trinajstić information content (AvgIpc) is 3.03. The minimum absolute atomic E-state index is 0.112. The van der Waals surface area contributed by atoms with Crippen LogP contribution >= 0.6 is 0 Å². The summed E-state index contributed by atoms with van der Waals surface area (Å²) in [6.07, 6.45) is 0. The summed E-state index contributed by atoms with van der Waals surface area (Å²) in [5, 5.41) is 12.2. The first-order chi connectivity index (χ1) is 11.4. The van der Waals surface area contributed by atoms with Crippen molar-refractivity contribution in [2.24, 2.45) is 0 Å². The molecule has 0 amide bonds. The summed E-state index contributed by atoms with van der Waals surface area (Å²) in [6, 6.07) is 5.58. The van der Waals surface area contributed by atoms with Crippen LogP contribution in [0.25, 0.3) is 11.4 Å². The molecule has 3 aromatic rings. The standard InChI is InChI=1S/C14H16FN9/c1-8(11-17-13(16)19-14(18-11)23(2)3)24-21-12(20-22-24)9-5-4-6-10(15)7-9/h4-8H,1-3H3,(H2,16,17,18,19)/t8-/m0/s1. The molecule has 0 saturated heterocycles. The Morgan fingerprint density at radius 3 is 2.71 bits per heavy atom. The third-order valence-electron chi connectivity index (χ3n) is 3.29. The fourth-order valence-electron chi connectivity index (χ4n) is 2.02. The van der Waals surface area contributed by atoms with Gasteiger partial charge in [-0.15, -0.1) is 10.2 Å². The molecule has 0 bridgehead atoms. The molecule has 0 radical (unpaired) electrons. The number of nitrogens with zero attached hydrogens (tertiary/aromatic N) is 8. The number of hydrogen-bond acceptors (Lipinski definition) is 8. The Kier molecular flexibility index (Phi) is 4.02. The molecule has 0 spiro atoms. The smallest absolute Gasteiger partial charge is 0.229 e. The number of tetrazole rings is 1. The van der Waals surface area contributed by atoms with E-state index < -0.39 is 6.04 Å². The van der Waals surface area contributed by atoms with Crippen molar-refractivity contribution in [3.05, 3.63) is 35.9 Å². The number of nitrogens with two attached hydrogens (primary N) is 1. The van der Waals surface area contributed by atoms with E-state index in [1.165, 1.54) is 16.9 Å². The highest BCUT2D eigenvalue weighted by Gasteiger charge is 2.18. The van der Waals surface area contributed by atoms with Gasteiger partial charge in [0, 0.05) is 19.7 Å². The molecule has 0 aliphatic rings. The van der Waals surface area contributed by atoms with Crippen molar-refractivity contribution in [1.29, 1.82) is 0 Å². The third-order valence-corrected chi connectivity index (χ3v) is 3.29. The summed E-state index contributed by atoms with van der Waals surface area (Å²) < 4.78 is 13.3. The predicted molar refractivity (Wildman–Crippen MR) is 85.6 cm³/mol. The van der Waals surface area contributed by atoms with E-state index in [1.54, 1.807) is 31.1 Å². The Bertz CT molecular complexity index is 861. The van der Waals surface area contributed by atoms with E-state index in [-0.39, 0.29) is 11.8 Å². The number of halogens is 1. The maximum Gasteiger partial charge on any atom is 0.229 e. The monoisotopic (exact) mass is 329 g/mol. The molecule has 2 N–H and O–H groups in total. The molecule has 0 fully saturated rings. The number of benzene rings is 1. The van der Waals surface area contributed by atoms with Crippen molar-refractivity contribution in [1.82, 2.24) is 35.2 Å². The maximum atomic E-state index is 13.3. The highest BCUT2D eigenvalue weighted by Crippen LogP contribution is 2.18. The van der Waals surface area contributed by atoms with Crippen LogP contribution in [0.4, 0.5) is 16.3 Å². The van der Waals surface area contributed by atoms with Gasteiger partial charge in [-0.2, -0.15) is 19.7 Å². The molecule has 24 heavy (non-hydrogen) atoms. The molecule has 0 unspecified atom stereocenters. The Balaban J connectivity index is 1.93.